The van der Waals surface area contributed by atoms with Crippen LogP contribution < -0.4 is 11.3 Å². The van der Waals surface area contributed by atoms with Crippen molar-refractivity contribution < 1.29 is 4.42 Å². The maximum absolute atomic E-state index is 6.02. The van der Waals surface area contributed by atoms with Crippen LogP contribution in [0, 0.1) is 11.8 Å². The van der Waals surface area contributed by atoms with Crippen molar-refractivity contribution in [3.05, 3.63) is 35.0 Å². The first kappa shape index (κ1) is 13.9. The number of nitrogens with one attached hydrogen (secondary N) is 1. The van der Waals surface area contributed by atoms with Gasteiger partial charge in [-0.05, 0) is 48.9 Å². The Bertz CT molecular complexity index is 595. The molecular formula is C16H21ClN2O. The van der Waals surface area contributed by atoms with E-state index in [9.17, 15) is 0 Å². The molecule has 1 aliphatic rings. The van der Waals surface area contributed by atoms with Crippen LogP contribution >= 0.6 is 11.6 Å². The van der Waals surface area contributed by atoms with E-state index in [1.54, 1.807) is 0 Å². The number of hydrazine groups is 1. The Morgan fingerprint density at radius 1 is 1.40 bits per heavy atom. The minimum Gasteiger partial charge on any atom is -0.459 e. The van der Waals surface area contributed by atoms with Gasteiger partial charge in [0.1, 0.15) is 11.3 Å². The normalized spacial score (nSPS) is 24.4. The van der Waals surface area contributed by atoms with Gasteiger partial charge in [0.15, 0.2) is 0 Å². The van der Waals surface area contributed by atoms with E-state index in [0.29, 0.717) is 5.92 Å². The molecule has 0 spiro atoms. The van der Waals surface area contributed by atoms with Gasteiger partial charge in [-0.25, -0.2) is 5.43 Å². The number of halogens is 1. The van der Waals surface area contributed by atoms with Gasteiger partial charge < -0.3 is 4.42 Å². The molecule has 2 aromatic rings. The number of hydrogen-bond acceptors (Lipinski definition) is 3. The molecule has 108 valence electrons. The third-order valence-corrected chi connectivity index (χ3v) is 4.85. The summed E-state index contributed by atoms with van der Waals surface area (Å²) in [6.45, 7) is 2.26. The highest BCUT2D eigenvalue weighted by atomic mass is 35.5. The molecule has 1 fully saturated rings. The van der Waals surface area contributed by atoms with Crippen LogP contribution in [0.3, 0.4) is 0 Å². The monoisotopic (exact) mass is 292 g/mol. The highest BCUT2D eigenvalue weighted by molar-refractivity contribution is 6.31. The molecule has 3 rings (SSSR count). The second-order valence-electron chi connectivity index (χ2n) is 5.82. The highest BCUT2D eigenvalue weighted by Gasteiger charge is 2.32. The molecule has 3 N–H and O–H groups in total. The summed E-state index contributed by atoms with van der Waals surface area (Å²) in [6.07, 6.45) is 4.99. The largest absolute Gasteiger partial charge is 0.459 e. The third-order valence-electron chi connectivity index (χ3n) is 4.61. The number of rotatable bonds is 4. The van der Waals surface area contributed by atoms with E-state index in [1.807, 2.05) is 18.2 Å². The first-order valence-corrected chi connectivity index (χ1v) is 7.74. The molecule has 1 aromatic heterocycles. The lowest BCUT2D eigenvalue weighted by Gasteiger charge is -2.20. The maximum Gasteiger partial charge on any atom is 0.134 e. The smallest absolute Gasteiger partial charge is 0.134 e. The van der Waals surface area contributed by atoms with Gasteiger partial charge >= 0.3 is 0 Å². The molecule has 0 bridgehead atoms. The molecule has 0 saturated heterocycles. The van der Waals surface area contributed by atoms with Crippen molar-refractivity contribution in [1.82, 2.24) is 5.43 Å². The SMILES string of the molecule is CCC1CCC(C(NN)c2cc3cc(Cl)ccc3o2)C1. The lowest BCUT2D eigenvalue weighted by Crippen LogP contribution is -2.32. The van der Waals surface area contributed by atoms with Gasteiger partial charge in [-0.3, -0.25) is 5.84 Å². The van der Waals surface area contributed by atoms with E-state index in [-0.39, 0.29) is 6.04 Å². The molecule has 3 nitrogen and oxygen atoms in total. The van der Waals surface area contributed by atoms with Crippen LogP contribution in [-0.2, 0) is 0 Å². The summed E-state index contributed by atoms with van der Waals surface area (Å²) < 4.78 is 5.96. The summed E-state index contributed by atoms with van der Waals surface area (Å²) in [4.78, 5) is 0. The fourth-order valence-electron chi connectivity index (χ4n) is 3.43. The van der Waals surface area contributed by atoms with Crippen LogP contribution in [0.5, 0.6) is 0 Å². The van der Waals surface area contributed by atoms with Crippen molar-refractivity contribution in [2.24, 2.45) is 17.7 Å². The van der Waals surface area contributed by atoms with Crippen LogP contribution in [0.4, 0.5) is 0 Å². The van der Waals surface area contributed by atoms with Crippen LogP contribution in [0.2, 0.25) is 5.02 Å². The Hall–Kier alpha value is -1.03. The third kappa shape index (κ3) is 2.58. The van der Waals surface area contributed by atoms with Crippen LogP contribution in [0.25, 0.3) is 11.0 Å². The van der Waals surface area contributed by atoms with Crippen molar-refractivity contribution in [3.63, 3.8) is 0 Å². The summed E-state index contributed by atoms with van der Waals surface area (Å²) in [6, 6.07) is 7.85. The molecule has 1 aliphatic carbocycles. The van der Waals surface area contributed by atoms with Crippen molar-refractivity contribution in [2.45, 2.75) is 38.6 Å². The first-order chi connectivity index (χ1) is 9.71. The van der Waals surface area contributed by atoms with Gasteiger partial charge in [-0.15, -0.1) is 0 Å². The maximum atomic E-state index is 6.02. The van der Waals surface area contributed by atoms with E-state index in [0.717, 1.165) is 27.7 Å². The molecule has 0 aliphatic heterocycles. The first-order valence-electron chi connectivity index (χ1n) is 7.36. The van der Waals surface area contributed by atoms with Crippen LogP contribution in [0.15, 0.2) is 28.7 Å². The second kappa shape index (κ2) is 5.76. The Kier molecular flexibility index (Phi) is 4.01. The van der Waals surface area contributed by atoms with Gasteiger partial charge in [0.05, 0.1) is 6.04 Å². The minimum absolute atomic E-state index is 0.0951. The van der Waals surface area contributed by atoms with Gasteiger partial charge in [0, 0.05) is 10.4 Å². The van der Waals surface area contributed by atoms with Gasteiger partial charge in [0.2, 0.25) is 0 Å². The molecular weight excluding hydrogens is 272 g/mol. The van der Waals surface area contributed by atoms with Crippen molar-refractivity contribution in [3.8, 4) is 0 Å². The highest BCUT2D eigenvalue weighted by Crippen LogP contribution is 2.41. The van der Waals surface area contributed by atoms with Crippen LogP contribution in [-0.4, -0.2) is 0 Å². The number of fused-ring (bicyclic) bond motifs is 1. The Morgan fingerprint density at radius 2 is 2.25 bits per heavy atom. The number of nitrogens with two attached hydrogens (primary N) is 1. The molecule has 4 heteroatoms. The lowest BCUT2D eigenvalue weighted by atomic mass is 9.94. The zero-order chi connectivity index (χ0) is 14.1. The van der Waals surface area contributed by atoms with E-state index in [1.165, 1.54) is 25.7 Å². The Labute approximate surface area is 124 Å². The number of furan rings is 1. The zero-order valence-electron chi connectivity index (χ0n) is 11.7. The Balaban J connectivity index is 1.87. The minimum atomic E-state index is 0.0951. The summed E-state index contributed by atoms with van der Waals surface area (Å²) in [5, 5.41) is 1.77. The summed E-state index contributed by atoms with van der Waals surface area (Å²) in [5.74, 6) is 8.09. The van der Waals surface area contributed by atoms with Crippen molar-refractivity contribution in [1.29, 1.82) is 0 Å². The zero-order valence-corrected chi connectivity index (χ0v) is 12.5. The number of benzene rings is 1. The Morgan fingerprint density at radius 3 is 2.95 bits per heavy atom. The van der Waals surface area contributed by atoms with E-state index >= 15 is 0 Å². The molecule has 3 atom stereocenters. The molecule has 1 saturated carbocycles. The average molecular weight is 293 g/mol. The van der Waals surface area contributed by atoms with Gasteiger partial charge in [0.25, 0.3) is 0 Å². The standard InChI is InChI=1S/C16H21ClN2O/c1-2-10-3-4-11(7-10)16(19-18)15-9-12-8-13(17)5-6-14(12)20-15/h5-6,8-11,16,19H,2-4,7,18H2,1H3. The summed E-state index contributed by atoms with van der Waals surface area (Å²) in [5.41, 5.74) is 3.82. The fraction of sp³-hybridized carbons (Fsp3) is 0.500. The molecule has 3 unspecified atom stereocenters. The topological polar surface area (TPSA) is 51.2 Å². The van der Waals surface area contributed by atoms with E-state index in [4.69, 9.17) is 21.9 Å². The van der Waals surface area contributed by atoms with E-state index in [2.05, 4.69) is 18.4 Å². The molecule has 1 heterocycles. The summed E-state index contributed by atoms with van der Waals surface area (Å²) in [7, 11) is 0. The van der Waals surface area contributed by atoms with Gasteiger partial charge in [-0.2, -0.15) is 0 Å². The van der Waals surface area contributed by atoms with Crippen molar-refractivity contribution >= 4 is 22.6 Å². The van der Waals surface area contributed by atoms with Crippen molar-refractivity contribution in [2.75, 3.05) is 0 Å². The molecule has 0 radical (unpaired) electrons. The molecule has 0 amide bonds. The quantitative estimate of drug-likeness (QED) is 0.648. The average Bonchev–Trinajstić information content (AvgIpc) is 3.06. The van der Waals surface area contributed by atoms with E-state index < -0.39 is 0 Å². The summed E-state index contributed by atoms with van der Waals surface area (Å²) >= 11 is 6.02. The molecule has 20 heavy (non-hydrogen) atoms. The van der Waals surface area contributed by atoms with Gasteiger partial charge in [-0.1, -0.05) is 31.4 Å². The predicted octanol–water partition coefficient (Wildman–Crippen LogP) is 4.42. The lowest BCUT2D eigenvalue weighted by molar-refractivity contribution is 0.314. The van der Waals surface area contributed by atoms with Crippen LogP contribution in [0.1, 0.15) is 44.4 Å². The molecule has 1 aromatic carbocycles. The predicted molar refractivity (Wildman–Crippen MR) is 82.4 cm³/mol. The fourth-order valence-corrected chi connectivity index (χ4v) is 3.61. The number of hydrogen-bond donors (Lipinski definition) is 2. The second-order valence-corrected chi connectivity index (χ2v) is 6.26.